The number of allylic oxidation sites excluding steroid dienone is 1. The van der Waals surface area contributed by atoms with Crippen LogP contribution in [0.25, 0.3) is 0 Å². The number of urea groups is 1. The average molecular weight is 330 g/mol. The second-order valence-corrected chi connectivity index (χ2v) is 7.74. The van der Waals surface area contributed by atoms with Crippen LogP contribution in [0.15, 0.2) is 42.5 Å². The number of amides is 2. The van der Waals surface area contributed by atoms with E-state index in [0.29, 0.717) is 12.5 Å². The molecule has 0 spiro atoms. The molecule has 3 nitrogen and oxygen atoms in total. The number of nitrogens with zero attached hydrogens (tertiary/aromatic N) is 2. The fourth-order valence-electron chi connectivity index (χ4n) is 3.54. The van der Waals surface area contributed by atoms with Crippen LogP contribution < -0.4 is 0 Å². The van der Waals surface area contributed by atoms with Gasteiger partial charge in [-0.2, -0.15) is 11.8 Å². The first kappa shape index (κ1) is 16.4. The number of carbonyl (C=O) groups is 1. The minimum Gasteiger partial charge on any atom is -0.323 e. The van der Waals surface area contributed by atoms with E-state index >= 15 is 0 Å². The van der Waals surface area contributed by atoms with Gasteiger partial charge in [0.2, 0.25) is 0 Å². The molecule has 2 aliphatic heterocycles. The molecule has 2 fully saturated rings. The highest BCUT2D eigenvalue weighted by Gasteiger charge is 2.41. The van der Waals surface area contributed by atoms with Gasteiger partial charge in [-0.1, -0.05) is 42.5 Å². The molecule has 2 aliphatic rings. The highest BCUT2D eigenvalue weighted by Crippen LogP contribution is 2.34. The van der Waals surface area contributed by atoms with Crippen molar-refractivity contribution in [3.8, 4) is 0 Å². The molecule has 0 radical (unpaired) electrons. The van der Waals surface area contributed by atoms with Crippen molar-refractivity contribution in [2.24, 2.45) is 5.92 Å². The van der Waals surface area contributed by atoms with E-state index in [1.165, 1.54) is 29.9 Å². The Morgan fingerprint density at radius 3 is 2.61 bits per heavy atom. The molecular formula is C19H26N2OS. The number of carbonyl (C=O) groups excluding carboxylic acids is 1. The minimum atomic E-state index is 0.134. The predicted molar refractivity (Wildman–Crippen MR) is 97.7 cm³/mol. The molecule has 0 saturated carbocycles. The highest BCUT2D eigenvalue weighted by molar-refractivity contribution is 7.99. The van der Waals surface area contributed by atoms with Crippen LogP contribution in [0.1, 0.15) is 31.4 Å². The smallest absolute Gasteiger partial charge is 0.320 e. The average Bonchev–Trinajstić information content (AvgIpc) is 2.81. The molecule has 1 aromatic rings. The number of thioether (sulfide) groups is 1. The molecule has 1 aromatic carbocycles. The van der Waals surface area contributed by atoms with Gasteiger partial charge in [-0.25, -0.2) is 4.79 Å². The van der Waals surface area contributed by atoms with Gasteiger partial charge in [-0.05, 0) is 42.8 Å². The lowest BCUT2D eigenvalue weighted by Crippen LogP contribution is -2.31. The van der Waals surface area contributed by atoms with Crippen molar-refractivity contribution in [2.45, 2.75) is 31.8 Å². The molecule has 3 rings (SSSR count). The van der Waals surface area contributed by atoms with Crippen molar-refractivity contribution < 1.29 is 4.79 Å². The first-order chi connectivity index (χ1) is 11.2. The Balaban J connectivity index is 1.72. The third kappa shape index (κ3) is 3.57. The maximum absolute atomic E-state index is 12.6. The lowest BCUT2D eigenvalue weighted by molar-refractivity contribution is 0.195. The van der Waals surface area contributed by atoms with Crippen LogP contribution in [-0.4, -0.2) is 47.0 Å². The summed E-state index contributed by atoms with van der Waals surface area (Å²) in [6.07, 6.45) is 7.08. The predicted octanol–water partition coefficient (Wildman–Crippen LogP) is 4.18. The van der Waals surface area contributed by atoms with E-state index in [0.717, 1.165) is 0 Å². The van der Waals surface area contributed by atoms with Crippen LogP contribution in [0.2, 0.25) is 0 Å². The molecular weight excluding hydrogens is 304 g/mol. The van der Waals surface area contributed by atoms with Gasteiger partial charge in [0.1, 0.15) is 0 Å². The van der Waals surface area contributed by atoms with Crippen molar-refractivity contribution in [1.82, 2.24) is 9.80 Å². The molecule has 0 aliphatic carbocycles. The number of likely N-dealkylation sites (N-methyl/N-ethyl adjacent to an activating group) is 1. The number of hydrogen-bond donors (Lipinski definition) is 0. The Bertz CT molecular complexity index is 554. The maximum atomic E-state index is 12.6. The summed E-state index contributed by atoms with van der Waals surface area (Å²) in [5, 5.41) is 0. The second-order valence-electron chi connectivity index (χ2n) is 6.52. The summed E-state index contributed by atoms with van der Waals surface area (Å²) < 4.78 is 0. The van der Waals surface area contributed by atoms with Crippen molar-refractivity contribution in [1.29, 1.82) is 0 Å². The Morgan fingerprint density at radius 1 is 1.22 bits per heavy atom. The van der Waals surface area contributed by atoms with Gasteiger partial charge < -0.3 is 9.80 Å². The second kappa shape index (κ2) is 7.43. The molecule has 4 heteroatoms. The minimum absolute atomic E-state index is 0.134. The molecule has 2 saturated heterocycles. The van der Waals surface area contributed by atoms with Crippen LogP contribution in [0.3, 0.4) is 0 Å². The van der Waals surface area contributed by atoms with E-state index in [9.17, 15) is 4.79 Å². The molecule has 2 atom stereocenters. The normalized spacial score (nSPS) is 26.4. The molecule has 2 amide bonds. The van der Waals surface area contributed by atoms with Crippen molar-refractivity contribution in [2.75, 3.05) is 25.1 Å². The highest BCUT2D eigenvalue weighted by atomic mass is 32.2. The van der Waals surface area contributed by atoms with Crippen LogP contribution in [0.4, 0.5) is 4.79 Å². The monoisotopic (exact) mass is 330 g/mol. The third-order valence-corrected chi connectivity index (χ3v) is 6.12. The summed E-state index contributed by atoms with van der Waals surface area (Å²) in [4.78, 5) is 16.5. The summed E-state index contributed by atoms with van der Waals surface area (Å²) in [5.74, 6) is 3.23. The van der Waals surface area contributed by atoms with Gasteiger partial charge in [-0.3, -0.25) is 0 Å². The van der Waals surface area contributed by atoms with Gasteiger partial charge in [-0.15, -0.1) is 0 Å². The molecule has 0 N–H and O–H groups in total. The first-order valence-corrected chi connectivity index (χ1v) is 9.66. The summed E-state index contributed by atoms with van der Waals surface area (Å²) in [7, 11) is 1.91. The van der Waals surface area contributed by atoms with E-state index in [1.807, 2.05) is 22.9 Å². The Kier molecular flexibility index (Phi) is 5.31. The largest absolute Gasteiger partial charge is 0.323 e. The molecule has 124 valence electrons. The SMILES string of the molecule is C[C@H]1[C@@H](c2ccccc2)N(CC=CC2CCSCC2)C(=O)N1C. The Labute approximate surface area is 143 Å². The number of rotatable bonds is 4. The third-order valence-electron chi connectivity index (χ3n) is 5.07. The summed E-state index contributed by atoms with van der Waals surface area (Å²) in [5.41, 5.74) is 1.22. The van der Waals surface area contributed by atoms with Crippen LogP contribution in [0.5, 0.6) is 0 Å². The van der Waals surface area contributed by atoms with Crippen molar-refractivity contribution in [3.05, 3.63) is 48.0 Å². The van der Waals surface area contributed by atoms with Crippen LogP contribution in [0, 0.1) is 5.92 Å². The fraction of sp³-hybridized carbons (Fsp3) is 0.526. The molecule has 2 heterocycles. The quantitative estimate of drug-likeness (QED) is 0.773. The number of benzene rings is 1. The fourth-order valence-corrected chi connectivity index (χ4v) is 4.69. The topological polar surface area (TPSA) is 23.6 Å². The summed E-state index contributed by atoms with van der Waals surface area (Å²) in [6, 6.07) is 10.9. The van der Waals surface area contributed by atoms with E-state index in [1.54, 1.807) is 0 Å². The Hall–Kier alpha value is -1.42. The van der Waals surface area contributed by atoms with Gasteiger partial charge >= 0.3 is 6.03 Å². The molecule has 0 bridgehead atoms. The zero-order valence-electron chi connectivity index (χ0n) is 14.0. The van der Waals surface area contributed by atoms with Crippen LogP contribution in [-0.2, 0) is 0 Å². The molecule has 0 unspecified atom stereocenters. The van der Waals surface area contributed by atoms with Crippen molar-refractivity contribution in [3.63, 3.8) is 0 Å². The van der Waals surface area contributed by atoms with E-state index in [-0.39, 0.29) is 18.1 Å². The first-order valence-electron chi connectivity index (χ1n) is 8.51. The molecule has 23 heavy (non-hydrogen) atoms. The maximum Gasteiger partial charge on any atom is 0.320 e. The van der Waals surface area contributed by atoms with Gasteiger partial charge in [0, 0.05) is 13.6 Å². The Morgan fingerprint density at radius 2 is 1.91 bits per heavy atom. The lowest BCUT2D eigenvalue weighted by atomic mass is 10.00. The zero-order valence-corrected chi connectivity index (χ0v) is 14.8. The van der Waals surface area contributed by atoms with Gasteiger partial charge in [0.05, 0.1) is 12.1 Å². The van der Waals surface area contributed by atoms with E-state index in [4.69, 9.17) is 0 Å². The van der Waals surface area contributed by atoms with Gasteiger partial charge in [0.25, 0.3) is 0 Å². The van der Waals surface area contributed by atoms with Crippen LogP contribution >= 0.6 is 11.8 Å². The van der Waals surface area contributed by atoms with Crippen molar-refractivity contribution >= 4 is 17.8 Å². The van der Waals surface area contributed by atoms with E-state index < -0.39 is 0 Å². The zero-order chi connectivity index (χ0) is 16.2. The molecule has 0 aromatic heterocycles. The number of hydrogen-bond acceptors (Lipinski definition) is 2. The lowest BCUT2D eigenvalue weighted by Gasteiger charge is -2.25. The van der Waals surface area contributed by atoms with Gasteiger partial charge in [0.15, 0.2) is 0 Å². The standard InChI is InChI=1S/C19H26N2OS/c1-15-18(17-8-4-3-5-9-17)21(19(22)20(15)2)12-6-7-16-10-13-23-14-11-16/h3-9,15-16,18H,10-14H2,1-2H3/t15-,18-/m0/s1. The summed E-state index contributed by atoms with van der Waals surface area (Å²) >= 11 is 2.05. The summed E-state index contributed by atoms with van der Waals surface area (Å²) in [6.45, 7) is 2.84. The van der Waals surface area contributed by atoms with E-state index in [2.05, 4.69) is 55.1 Å².